The minimum Gasteiger partial charge on any atom is -0.494 e. The van der Waals surface area contributed by atoms with Crippen LogP contribution in [-0.2, 0) is 9.84 Å². The van der Waals surface area contributed by atoms with E-state index in [0.29, 0.717) is 18.5 Å². The Morgan fingerprint density at radius 2 is 1.84 bits per heavy atom. The number of ether oxygens (including phenoxy) is 1. The number of anilines is 1. The van der Waals surface area contributed by atoms with Crippen LogP contribution >= 0.6 is 11.6 Å². The molecule has 4 atom stereocenters. The maximum Gasteiger partial charge on any atom is 0.255 e. The number of benzene rings is 2. The van der Waals surface area contributed by atoms with Crippen molar-refractivity contribution < 1.29 is 27.4 Å². The van der Waals surface area contributed by atoms with E-state index in [-0.39, 0.29) is 33.1 Å². The number of carbonyl (C=O) groups is 1. The van der Waals surface area contributed by atoms with Crippen LogP contribution in [0.5, 0.6) is 5.75 Å². The third-order valence-corrected chi connectivity index (χ3v) is 9.61. The SMILES string of the molecule is COc1cc(NC(=O)c2ccc(Cl)c(S(=O)(=O)[C@H]3CC4CC[C@H](C3)[C@]4(C)O)c2)ccc1F. The molecule has 6 nitrogen and oxygen atoms in total. The van der Waals surface area contributed by atoms with Gasteiger partial charge in [0.25, 0.3) is 5.91 Å². The lowest BCUT2D eigenvalue weighted by atomic mass is 9.76. The fraction of sp³-hybridized carbons (Fsp3) is 0.435. The summed E-state index contributed by atoms with van der Waals surface area (Å²) in [6.07, 6.45) is 2.35. The first-order chi connectivity index (χ1) is 15.0. The van der Waals surface area contributed by atoms with Crippen LogP contribution in [0.15, 0.2) is 41.3 Å². The minimum absolute atomic E-state index is 0.0232. The standard InChI is InChI=1S/C23H25ClFNO5S/c1-23(28)14-4-5-15(23)11-17(10-14)32(29,30)21-9-13(3-7-18(21)24)22(27)26-16-6-8-19(25)20(12-16)31-2/h3,6-9,12,14-15,17,28H,4-5,10-11H2,1-2H3,(H,26,27)/t14-,15?,17-,23+/m1/s1. The molecule has 0 spiro atoms. The molecule has 0 saturated heterocycles. The first-order valence-electron chi connectivity index (χ1n) is 10.4. The molecule has 0 radical (unpaired) electrons. The van der Waals surface area contributed by atoms with Gasteiger partial charge in [-0.15, -0.1) is 0 Å². The van der Waals surface area contributed by atoms with Crippen molar-refractivity contribution in [1.82, 2.24) is 0 Å². The number of sulfone groups is 1. The van der Waals surface area contributed by atoms with E-state index in [1.54, 1.807) is 6.92 Å². The Hall–Kier alpha value is -2.16. The second-order valence-corrected chi connectivity index (χ2v) is 11.4. The summed E-state index contributed by atoms with van der Waals surface area (Å²) in [4.78, 5) is 12.7. The van der Waals surface area contributed by atoms with E-state index < -0.39 is 32.4 Å². The third kappa shape index (κ3) is 4.00. The highest BCUT2D eigenvalue weighted by Gasteiger charge is 2.53. The summed E-state index contributed by atoms with van der Waals surface area (Å²) >= 11 is 6.25. The molecule has 2 fully saturated rings. The zero-order chi connectivity index (χ0) is 23.3. The Morgan fingerprint density at radius 1 is 1.19 bits per heavy atom. The van der Waals surface area contributed by atoms with Gasteiger partial charge in [0, 0.05) is 17.3 Å². The third-order valence-electron chi connectivity index (χ3n) is 6.96. The second kappa shape index (κ2) is 8.32. The van der Waals surface area contributed by atoms with Crippen molar-refractivity contribution in [3.63, 3.8) is 0 Å². The molecule has 2 N–H and O–H groups in total. The molecular weight excluding hydrogens is 457 g/mol. The smallest absolute Gasteiger partial charge is 0.255 e. The van der Waals surface area contributed by atoms with Gasteiger partial charge in [-0.25, -0.2) is 12.8 Å². The molecule has 172 valence electrons. The van der Waals surface area contributed by atoms with Crippen LogP contribution in [0.25, 0.3) is 0 Å². The number of methoxy groups -OCH3 is 1. The van der Waals surface area contributed by atoms with Gasteiger partial charge in [-0.3, -0.25) is 4.79 Å². The average molecular weight is 482 g/mol. The van der Waals surface area contributed by atoms with Gasteiger partial charge in [-0.1, -0.05) is 11.6 Å². The number of rotatable bonds is 5. The van der Waals surface area contributed by atoms with E-state index in [9.17, 15) is 22.7 Å². The molecule has 2 aromatic carbocycles. The van der Waals surface area contributed by atoms with Crippen molar-refractivity contribution in [3.05, 3.63) is 52.8 Å². The topological polar surface area (TPSA) is 92.7 Å². The van der Waals surface area contributed by atoms with Gasteiger partial charge < -0.3 is 15.2 Å². The number of fused-ring (bicyclic) bond motifs is 2. The molecule has 0 heterocycles. The summed E-state index contributed by atoms with van der Waals surface area (Å²) in [6, 6.07) is 7.99. The fourth-order valence-electron chi connectivity index (χ4n) is 5.00. The number of carbonyl (C=O) groups excluding carboxylic acids is 1. The van der Waals surface area contributed by atoms with Gasteiger partial charge in [-0.2, -0.15) is 0 Å². The highest BCUT2D eigenvalue weighted by Crippen LogP contribution is 2.51. The number of aliphatic hydroxyl groups is 1. The minimum atomic E-state index is -3.81. The molecule has 4 rings (SSSR count). The van der Waals surface area contributed by atoms with E-state index >= 15 is 0 Å². The second-order valence-electron chi connectivity index (χ2n) is 8.78. The van der Waals surface area contributed by atoms with E-state index in [0.717, 1.165) is 12.8 Å². The summed E-state index contributed by atoms with van der Waals surface area (Å²) in [5.74, 6) is -1.28. The maximum absolute atomic E-state index is 13.6. The first-order valence-corrected chi connectivity index (χ1v) is 12.4. The Bertz CT molecular complexity index is 1150. The van der Waals surface area contributed by atoms with Crippen LogP contribution in [0.2, 0.25) is 5.02 Å². The summed E-state index contributed by atoms with van der Waals surface area (Å²) in [6.45, 7) is 1.79. The van der Waals surface area contributed by atoms with Gasteiger partial charge in [-0.05, 0) is 74.8 Å². The Morgan fingerprint density at radius 3 is 2.47 bits per heavy atom. The van der Waals surface area contributed by atoms with Crippen LogP contribution in [0.4, 0.5) is 10.1 Å². The monoisotopic (exact) mass is 481 g/mol. The van der Waals surface area contributed by atoms with Gasteiger partial charge in [0.15, 0.2) is 21.4 Å². The number of halogens is 2. The summed E-state index contributed by atoms with van der Waals surface area (Å²) in [5, 5.41) is 12.7. The molecule has 2 aliphatic rings. The van der Waals surface area contributed by atoms with Gasteiger partial charge in [0.2, 0.25) is 0 Å². The lowest BCUT2D eigenvalue weighted by Crippen LogP contribution is -2.45. The lowest BCUT2D eigenvalue weighted by molar-refractivity contribution is -0.0413. The van der Waals surface area contributed by atoms with Gasteiger partial charge in [0.1, 0.15) is 0 Å². The van der Waals surface area contributed by atoms with Crippen molar-refractivity contribution >= 4 is 33.0 Å². The molecule has 2 aliphatic carbocycles. The summed E-state index contributed by atoms with van der Waals surface area (Å²) in [7, 11) is -2.49. The average Bonchev–Trinajstić information content (AvgIpc) is 2.92. The quantitative estimate of drug-likeness (QED) is 0.658. The van der Waals surface area contributed by atoms with Crippen molar-refractivity contribution in [2.75, 3.05) is 12.4 Å². The molecule has 1 unspecified atom stereocenters. The largest absolute Gasteiger partial charge is 0.494 e. The summed E-state index contributed by atoms with van der Waals surface area (Å²) < 4.78 is 45.4. The maximum atomic E-state index is 13.6. The normalized spacial score (nSPS) is 27.2. The van der Waals surface area contributed by atoms with Gasteiger partial charge in [0.05, 0.1) is 27.9 Å². The molecule has 0 aliphatic heterocycles. The van der Waals surface area contributed by atoms with Crippen LogP contribution in [0.3, 0.4) is 0 Å². The Balaban J connectivity index is 1.59. The van der Waals surface area contributed by atoms with E-state index in [1.807, 2.05) is 0 Å². The van der Waals surface area contributed by atoms with E-state index in [1.165, 1.54) is 43.5 Å². The predicted molar refractivity (Wildman–Crippen MR) is 119 cm³/mol. The van der Waals surface area contributed by atoms with Crippen LogP contribution in [0.1, 0.15) is 43.0 Å². The summed E-state index contributed by atoms with van der Waals surface area (Å²) in [5.41, 5.74) is -0.422. The molecule has 1 amide bonds. The van der Waals surface area contributed by atoms with E-state index in [4.69, 9.17) is 16.3 Å². The van der Waals surface area contributed by atoms with Crippen molar-refractivity contribution in [2.24, 2.45) is 11.8 Å². The first kappa shape index (κ1) is 23.0. The van der Waals surface area contributed by atoms with E-state index in [2.05, 4.69) is 5.32 Å². The van der Waals surface area contributed by atoms with Crippen molar-refractivity contribution in [1.29, 1.82) is 0 Å². The highest BCUT2D eigenvalue weighted by atomic mass is 35.5. The molecule has 0 aromatic heterocycles. The number of amides is 1. The predicted octanol–water partition coefficient (Wildman–Crippen LogP) is 4.45. The van der Waals surface area contributed by atoms with Crippen LogP contribution in [-0.4, -0.2) is 37.4 Å². The van der Waals surface area contributed by atoms with Crippen LogP contribution in [0, 0.1) is 17.7 Å². The Labute approximate surface area is 191 Å². The zero-order valence-electron chi connectivity index (χ0n) is 17.8. The number of hydrogen-bond acceptors (Lipinski definition) is 5. The van der Waals surface area contributed by atoms with Crippen molar-refractivity contribution in [3.8, 4) is 5.75 Å². The number of hydrogen-bond donors (Lipinski definition) is 2. The molecule has 2 aromatic rings. The number of nitrogens with one attached hydrogen (secondary N) is 1. The lowest BCUT2D eigenvalue weighted by Gasteiger charge is -2.40. The molecule has 2 saturated carbocycles. The van der Waals surface area contributed by atoms with Gasteiger partial charge >= 0.3 is 0 Å². The molecular formula is C23H25ClFNO5S. The zero-order valence-corrected chi connectivity index (χ0v) is 19.3. The highest BCUT2D eigenvalue weighted by molar-refractivity contribution is 7.92. The fourth-order valence-corrected chi connectivity index (χ4v) is 7.40. The molecule has 9 heteroatoms. The van der Waals surface area contributed by atoms with Crippen LogP contribution < -0.4 is 10.1 Å². The van der Waals surface area contributed by atoms with Crippen molar-refractivity contribution in [2.45, 2.75) is 48.4 Å². The molecule has 32 heavy (non-hydrogen) atoms. The Kier molecular flexibility index (Phi) is 5.98. The molecule has 2 bridgehead atoms.